The molecule has 2 N–H and O–H groups in total. The molecule has 0 bridgehead atoms. The Balaban J connectivity index is 2.63. The van der Waals surface area contributed by atoms with Crippen LogP contribution in [0, 0.1) is 0 Å². The second kappa shape index (κ2) is 10.5. The summed E-state index contributed by atoms with van der Waals surface area (Å²) in [6.07, 6.45) is 3.49. The number of carbonyl (C=O) groups is 2. The van der Waals surface area contributed by atoms with Gasteiger partial charge in [0.25, 0.3) is 0 Å². The summed E-state index contributed by atoms with van der Waals surface area (Å²) in [5.74, 6) is -0.286. The zero-order valence-corrected chi connectivity index (χ0v) is 20.7. The van der Waals surface area contributed by atoms with Crippen molar-refractivity contribution in [2.75, 3.05) is 10.6 Å². The van der Waals surface area contributed by atoms with Crippen LogP contribution in [0.2, 0.25) is 10.0 Å². The molecule has 0 unspecified atom stereocenters. The molecule has 0 aliphatic rings. The molecule has 0 atom stereocenters. The van der Waals surface area contributed by atoms with E-state index in [4.69, 9.17) is 23.2 Å². The highest BCUT2D eigenvalue weighted by Gasteiger charge is 2.27. The van der Waals surface area contributed by atoms with E-state index in [1.807, 2.05) is 12.1 Å². The Hall–Kier alpha value is -2.04. The summed E-state index contributed by atoms with van der Waals surface area (Å²) in [6, 6.07) is 8.08. The Morgan fingerprint density at radius 1 is 0.774 bits per heavy atom. The summed E-state index contributed by atoms with van der Waals surface area (Å²) in [6.45, 7) is 11.4. The maximum absolute atomic E-state index is 11.7. The molecule has 31 heavy (non-hydrogen) atoms. The smallest absolute Gasteiger partial charge is 0.221 e. The van der Waals surface area contributed by atoms with Crippen molar-refractivity contribution in [3.63, 3.8) is 0 Å². The van der Waals surface area contributed by atoms with Crippen LogP contribution in [0.5, 0.6) is 0 Å². The number of halogens is 2. The fourth-order valence-corrected chi connectivity index (χ4v) is 4.35. The van der Waals surface area contributed by atoms with Crippen molar-refractivity contribution >= 4 is 46.4 Å². The van der Waals surface area contributed by atoms with E-state index in [0.29, 0.717) is 21.4 Å². The van der Waals surface area contributed by atoms with E-state index in [2.05, 4.69) is 50.5 Å². The lowest BCUT2D eigenvalue weighted by Crippen LogP contribution is -2.21. The summed E-state index contributed by atoms with van der Waals surface area (Å²) in [7, 11) is 0. The Kier molecular flexibility index (Phi) is 8.56. The highest BCUT2D eigenvalue weighted by atomic mass is 35.5. The predicted molar refractivity (Wildman–Crippen MR) is 132 cm³/mol. The number of anilines is 2. The number of hydrogen-bond donors (Lipinski definition) is 2. The van der Waals surface area contributed by atoms with Crippen molar-refractivity contribution < 1.29 is 9.59 Å². The predicted octanol–water partition coefficient (Wildman–Crippen LogP) is 7.14. The van der Waals surface area contributed by atoms with Crippen molar-refractivity contribution in [2.24, 2.45) is 0 Å². The fraction of sp³-hybridized carbons (Fsp3) is 0.440. The molecule has 6 heteroatoms. The van der Waals surface area contributed by atoms with E-state index >= 15 is 0 Å². The minimum absolute atomic E-state index is 0.143. The fourth-order valence-electron chi connectivity index (χ4n) is 3.78. The summed E-state index contributed by atoms with van der Waals surface area (Å²) in [4.78, 5) is 23.3. The van der Waals surface area contributed by atoms with Gasteiger partial charge in [-0.05, 0) is 47.2 Å². The largest absolute Gasteiger partial charge is 0.325 e. The maximum Gasteiger partial charge on any atom is 0.221 e. The quantitative estimate of drug-likeness (QED) is 0.437. The Bertz CT molecular complexity index is 906. The highest BCUT2D eigenvalue weighted by Crippen LogP contribution is 2.41. The van der Waals surface area contributed by atoms with Crippen LogP contribution in [0.4, 0.5) is 11.4 Å². The molecule has 0 spiro atoms. The number of benzene rings is 2. The summed E-state index contributed by atoms with van der Waals surface area (Å²) in [5, 5.41) is 6.80. The molecule has 0 radical (unpaired) electrons. The highest BCUT2D eigenvalue weighted by molar-refractivity contribution is 6.34. The zero-order chi connectivity index (χ0) is 23.3. The van der Waals surface area contributed by atoms with E-state index in [1.54, 1.807) is 0 Å². The van der Waals surface area contributed by atoms with Crippen molar-refractivity contribution in [1.82, 2.24) is 0 Å². The van der Waals surface area contributed by atoms with Crippen LogP contribution in [0.1, 0.15) is 76.6 Å². The van der Waals surface area contributed by atoms with Crippen LogP contribution in [-0.2, 0) is 27.8 Å². The lowest BCUT2D eigenvalue weighted by Gasteiger charge is -2.29. The zero-order valence-electron chi connectivity index (χ0n) is 19.2. The monoisotopic (exact) mass is 462 g/mol. The van der Waals surface area contributed by atoms with E-state index in [9.17, 15) is 9.59 Å². The van der Waals surface area contributed by atoms with Gasteiger partial charge in [-0.2, -0.15) is 0 Å². The molecule has 2 rings (SSSR count). The van der Waals surface area contributed by atoms with Crippen LogP contribution < -0.4 is 10.6 Å². The van der Waals surface area contributed by atoms with Gasteiger partial charge in [-0.3, -0.25) is 9.59 Å². The van der Waals surface area contributed by atoms with Crippen LogP contribution in [0.3, 0.4) is 0 Å². The van der Waals surface area contributed by atoms with Gasteiger partial charge in [0.15, 0.2) is 0 Å². The third-order valence-corrected chi connectivity index (χ3v) is 6.02. The molecular weight excluding hydrogens is 431 g/mol. The van der Waals surface area contributed by atoms with Gasteiger partial charge in [0.2, 0.25) is 11.8 Å². The van der Waals surface area contributed by atoms with Crippen LogP contribution in [0.25, 0.3) is 0 Å². The summed E-state index contributed by atoms with van der Waals surface area (Å²) in [5.41, 5.74) is 5.09. The maximum atomic E-state index is 11.7. The van der Waals surface area contributed by atoms with Gasteiger partial charge in [0.1, 0.15) is 0 Å². The Morgan fingerprint density at radius 3 is 1.42 bits per heavy atom. The van der Waals surface area contributed by atoms with Crippen LogP contribution >= 0.6 is 23.2 Å². The van der Waals surface area contributed by atoms with Crippen molar-refractivity contribution in [3.05, 3.63) is 56.6 Å². The second-order valence-electron chi connectivity index (χ2n) is 8.47. The molecule has 168 valence electrons. The number of aryl methyl sites for hydroxylation is 2. The Labute approximate surface area is 195 Å². The molecule has 0 saturated carbocycles. The van der Waals surface area contributed by atoms with Crippen LogP contribution in [-0.4, -0.2) is 11.8 Å². The molecule has 2 amide bonds. The average Bonchev–Trinajstić information content (AvgIpc) is 2.66. The first-order valence-electron chi connectivity index (χ1n) is 10.7. The lowest BCUT2D eigenvalue weighted by atomic mass is 9.76. The topological polar surface area (TPSA) is 58.2 Å². The molecule has 0 heterocycles. The first kappa shape index (κ1) is 25.2. The summed E-state index contributed by atoms with van der Waals surface area (Å²) < 4.78 is 0. The third-order valence-electron chi connectivity index (χ3n) is 5.43. The van der Waals surface area contributed by atoms with Crippen molar-refractivity contribution in [2.45, 2.75) is 72.6 Å². The van der Waals surface area contributed by atoms with Crippen molar-refractivity contribution in [3.8, 4) is 0 Å². The second-order valence-corrected chi connectivity index (χ2v) is 9.29. The Morgan fingerprint density at radius 2 is 1.13 bits per heavy atom. The minimum atomic E-state index is -0.387. The van der Waals surface area contributed by atoms with Gasteiger partial charge >= 0.3 is 0 Å². The molecule has 2 aromatic carbocycles. The van der Waals surface area contributed by atoms with Crippen LogP contribution in [0.15, 0.2) is 24.3 Å². The standard InChI is InChI=1S/C25H32Cl2N2O2/c1-7-9-17-11-19(13-21(26)23(17)28-15(3)30)25(5,6)20-12-18(10-8-2)24(22(27)14-20)29-16(4)31/h11-14H,7-10H2,1-6H3,(H,28,30)(H,29,31). The number of carbonyl (C=O) groups excluding carboxylic acids is 2. The number of rotatable bonds is 8. The van der Waals surface area contributed by atoms with E-state index in [1.165, 1.54) is 13.8 Å². The molecule has 0 aliphatic heterocycles. The number of nitrogens with one attached hydrogen (secondary N) is 2. The molecule has 4 nitrogen and oxygen atoms in total. The van der Waals surface area contributed by atoms with Gasteiger partial charge in [-0.25, -0.2) is 0 Å². The van der Waals surface area contributed by atoms with E-state index in [-0.39, 0.29) is 17.2 Å². The van der Waals surface area contributed by atoms with E-state index in [0.717, 1.165) is 47.9 Å². The molecule has 0 aliphatic carbocycles. The van der Waals surface area contributed by atoms with Crippen molar-refractivity contribution in [1.29, 1.82) is 0 Å². The molecule has 2 aromatic rings. The van der Waals surface area contributed by atoms with Gasteiger partial charge in [-0.1, -0.05) is 75.9 Å². The molecule has 0 fully saturated rings. The lowest BCUT2D eigenvalue weighted by molar-refractivity contribution is -0.115. The first-order valence-corrected chi connectivity index (χ1v) is 11.5. The normalized spacial score (nSPS) is 11.4. The number of hydrogen-bond acceptors (Lipinski definition) is 2. The third kappa shape index (κ3) is 6.02. The SMILES string of the molecule is CCCc1cc(C(C)(C)c2cc(Cl)c(NC(C)=O)c(CCC)c2)cc(Cl)c1NC(C)=O. The van der Waals surface area contributed by atoms with Gasteiger partial charge in [0.05, 0.1) is 21.4 Å². The van der Waals surface area contributed by atoms with E-state index < -0.39 is 0 Å². The average molecular weight is 463 g/mol. The van der Waals surface area contributed by atoms with Gasteiger partial charge in [-0.15, -0.1) is 0 Å². The van der Waals surface area contributed by atoms with Gasteiger partial charge < -0.3 is 10.6 Å². The number of amides is 2. The molecular formula is C25H32Cl2N2O2. The van der Waals surface area contributed by atoms with Gasteiger partial charge in [0, 0.05) is 19.3 Å². The minimum Gasteiger partial charge on any atom is -0.325 e. The summed E-state index contributed by atoms with van der Waals surface area (Å²) >= 11 is 13.2. The molecule has 0 aromatic heterocycles. The first-order chi connectivity index (χ1) is 14.5. The molecule has 0 saturated heterocycles.